The third-order valence-corrected chi connectivity index (χ3v) is 5.12. The average Bonchev–Trinajstić information content (AvgIpc) is 2.49. The molecule has 0 aliphatic rings. The van der Waals surface area contributed by atoms with Gasteiger partial charge in [-0.25, -0.2) is 8.42 Å². The van der Waals surface area contributed by atoms with Crippen molar-refractivity contribution < 1.29 is 18.3 Å². The Morgan fingerprint density at radius 1 is 1.13 bits per heavy atom. The molecule has 0 heterocycles. The molecule has 0 amide bonds. The van der Waals surface area contributed by atoms with Gasteiger partial charge >= 0.3 is 5.97 Å². The standard InChI is InChI=1S/C17H19NO4S/c1-12-8-9-13(2)16(10-12)23(21,22)18-15(17(19)20)11-14-6-4-3-5-7-14/h3-10,15,18H,11H2,1-2H3,(H,19,20). The molecule has 2 N–H and O–H groups in total. The van der Waals surface area contributed by atoms with Crippen molar-refractivity contribution >= 4 is 16.0 Å². The lowest BCUT2D eigenvalue weighted by Gasteiger charge is -2.16. The Morgan fingerprint density at radius 3 is 2.39 bits per heavy atom. The van der Waals surface area contributed by atoms with E-state index in [1.165, 1.54) is 0 Å². The van der Waals surface area contributed by atoms with Crippen LogP contribution < -0.4 is 4.72 Å². The zero-order chi connectivity index (χ0) is 17.0. The second kappa shape index (κ2) is 6.93. The number of hydrogen-bond acceptors (Lipinski definition) is 3. The number of hydrogen-bond donors (Lipinski definition) is 2. The van der Waals surface area contributed by atoms with Crippen molar-refractivity contribution in [3.05, 3.63) is 65.2 Å². The highest BCUT2D eigenvalue weighted by Gasteiger charge is 2.26. The van der Waals surface area contributed by atoms with Gasteiger partial charge in [-0.05, 0) is 43.0 Å². The van der Waals surface area contributed by atoms with E-state index in [4.69, 9.17) is 0 Å². The van der Waals surface area contributed by atoms with Gasteiger partial charge in [0.05, 0.1) is 4.90 Å². The second-order valence-corrected chi connectivity index (χ2v) is 7.15. The monoisotopic (exact) mass is 333 g/mol. The van der Waals surface area contributed by atoms with Crippen LogP contribution in [-0.4, -0.2) is 25.5 Å². The molecule has 2 rings (SSSR count). The molecule has 0 aliphatic heterocycles. The van der Waals surface area contributed by atoms with E-state index < -0.39 is 22.0 Å². The molecule has 2 aromatic carbocycles. The van der Waals surface area contributed by atoms with Crippen LogP contribution in [0.1, 0.15) is 16.7 Å². The minimum absolute atomic E-state index is 0.0836. The number of carboxylic acids is 1. The van der Waals surface area contributed by atoms with Crippen LogP contribution in [-0.2, 0) is 21.2 Å². The van der Waals surface area contributed by atoms with Crippen LogP contribution in [0.15, 0.2) is 53.4 Å². The first-order valence-corrected chi connectivity index (χ1v) is 8.64. The molecular formula is C17H19NO4S. The SMILES string of the molecule is Cc1ccc(C)c(S(=O)(=O)NC(Cc2ccccc2)C(=O)O)c1. The highest BCUT2D eigenvalue weighted by atomic mass is 32.2. The summed E-state index contributed by atoms with van der Waals surface area (Å²) in [7, 11) is -3.91. The molecule has 0 aromatic heterocycles. The Morgan fingerprint density at radius 2 is 1.78 bits per heavy atom. The minimum Gasteiger partial charge on any atom is -0.480 e. The first-order valence-electron chi connectivity index (χ1n) is 7.16. The molecule has 6 heteroatoms. The summed E-state index contributed by atoms with van der Waals surface area (Å²) in [6.45, 7) is 3.47. The number of sulfonamides is 1. The molecule has 1 unspecified atom stereocenters. The van der Waals surface area contributed by atoms with Gasteiger partial charge in [0.25, 0.3) is 0 Å². The third-order valence-electron chi connectivity index (χ3n) is 3.51. The summed E-state index contributed by atoms with van der Waals surface area (Å²) in [6, 6.07) is 12.8. The van der Waals surface area contributed by atoms with Crippen molar-refractivity contribution in [3.8, 4) is 0 Å². The van der Waals surface area contributed by atoms with E-state index in [-0.39, 0.29) is 11.3 Å². The summed E-state index contributed by atoms with van der Waals surface area (Å²) < 4.78 is 27.4. The highest BCUT2D eigenvalue weighted by Crippen LogP contribution is 2.17. The van der Waals surface area contributed by atoms with Crippen molar-refractivity contribution in [1.82, 2.24) is 4.72 Å². The molecule has 5 nitrogen and oxygen atoms in total. The van der Waals surface area contributed by atoms with E-state index in [9.17, 15) is 18.3 Å². The van der Waals surface area contributed by atoms with Crippen molar-refractivity contribution in [2.75, 3.05) is 0 Å². The summed E-state index contributed by atoms with van der Waals surface area (Å²) in [4.78, 5) is 11.5. The van der Waals surface area contributed by atoms with Gasteiger partial charge < -0.3 is 5.11 Å². The van der Waals surface area contributed by atoms with Gasteiger partial charge in [0.15, 0.2) is 0 Å². The van der Waals surface area contributed by atoms with Gasteiger partial charge in [0.1, 0.15) is 6.04 Å². The molecule has 0 fully saturated rings. The fourth-order valence-electron chi connectivity index (χ4n) is 2.28. The van der Waals surface area contributed by atoms with E-state index in [1.807, 2.05) is 12.1 Å². The van der Waals surface area contributed by atoms with Crippen molar-refractivity contribution in [1.29, 1.82) is 0 Å². The maximum Gasteiger partial charge on any atom is 0.322 e. The van der Waals surface area contributed by atoms with E-state index in [0.717, 1.165) is 11.1 Å². The Bertz CT molecular complexity index is 801. The summed E-state index contributed by atoms with van der Waals surface area (Å²) in [6.07, 6.45) is 0.0836. The zero-order valence-corrected chi connectivity index (χ0v) is 13.8. The van der Waals surface area contributed by atoms with Crippen molar-refractivity contribution in [3.63, 3.8) is 0 Å². The first kappa shape index (κ1) is 17.2. The number of nitrogens with one attached hydrogen (secondary N) is 1. The third kappa shape index (κ3) is 4.40. The number of aryl methyl sites for hydroxylation is 2. The number of aliphatic carboxylic acids is 1. The first-order chi connectivity index (χ1) is 10.8. The van der Waals surface area contributed by atoms with Gasteiger partial charge in [0.2, 0.25) is 10.0 Å². The lowest BCUT2D eigenvalue weighted by atomic mass is 10.1. The average molecular weight is 333 g/mol. The molecule has 0 saturated heterocycles. The van der Waals surface area contributed by atoms with Gasteiger partial charge in [-0.2, -0.15) is 4.72 Å². The van der Waals surface area contributed by atoms with Gasteiger partial charge in [-0.15, -0.1) is 0 Å². The molecule has 0 saturated carbocycles. The quantitative estimate of drug-likeness (QED) is 0.849. The Labute approximate surface area is 136 Å². The van der Waals surface area contributed by atoms with Crippen LogP contribution in [0.3, 0.4) is 0 Å². The lowest BCUT2D eigenvalue weighted by molar-refractivity contribution is -0.138. The Kier molecular flexibility index (Phi) is 5.18. The summed E-state index contributed by atoms with van der Waals surface area (Å²) >= 11 is 0. The largest absolute Gasteiger partial charge is 0.480 e. The minimum atomic E-state index is -3.91. The lowest BCUT2D eigenvalue weighted by Crippen LogP contribution is -2.42. The van der Waals surface area contributed by atoms with E-state index in [2.05, 4.69) is 4.72 Å². The van der Waals surface area contributed by atoms with E-state index >= 15 is 0 Å². The van der Waals surface area contributed by atoms with Crippen LogP contribution >= 0.6 is 0 Å². The molecule has 2 aromatic rings. The second-order valence-electron chi connectivity index (χ2n) is 5.47. The number of benzene rings is 2. The topological polar surface area (TPSA) is 83.5 Å². The van der Waals surface area contributed by atoms with Crippen molar-refractivity contribution in [2.24, 2.45) is 0 Å². The van der Waals surface area contributed by atoms with Crippen LogP contribution in [0.4, 0.5) is 0 Å². The smallest absolute Gasteiger partial charge is 0.322 e. The van der Waals surface area contributed by atoms with E-state index in [1.54, 1.807) is 50.2 Å². The number of rotatable bonds is 6. The fourth-order valence-corrected chi connectivity index (χ4v) is 3.80. The summed E-state index contributed by atoms with van der Waals surface area (Å²) in [5, 5.41) is 9.34. The normalized spacial score (nSPS) is 12.8. The summed E-state index contributed by atoms with van der Waals surface area (Å²) in [5.41, 5.74) is 2.13. The van der Waals surface area contributed by atoms with Crippen LogP contribution in [0.5, 0.6) is 0 Å². The highest BCUT2D eigenvalue weighted by molar-refractivity contribution is 7.89. The molecule has 122 valence electrons. The van der Waals surface area contributed by atoms with E-state index in [0.29, 0.717) is 5.56 Å². The molecule has 0 bridgehead atoms. The van der Waals surface area contributed by atoms with Crippen LogP contribution in [0.25, 0.3) is 0 Å². The maximum absolute atomic E-state index is 12.5. The molecule has 0 spiro atoms. The number of carbonyl (C=O) groups is 1. The molecule has 0 aliphatic carbocycles. The summed E-state index contributed by atoms with van der Waals surface area (Å²) in [5.74, 6) is -1.21. The van der Waals surface area contributed by atoms with Crippen LogP contribution in [0.2, 0.25) is 0 Å². The van der Waals surface area contributed by atoms with Gasteiger partial charge in [0, 0.05) is 0 Å². The molecule has 1 atom stereocenters. The molecule has 23 heavy (non-hydrogen) atoms. The zero-order valence-electron chi connectivity index (χ0n) is 13.0. The predicted molar refractivity (Wildman–Crippen MR) is 87.8 cm³/mol. The fraction of sp³-hybridized carbons (Fsp3) is 0.235. The Balaban J connectivity index is 2.28. The van der Waals surface area contributed by atoms with Crippen LogP contribution in [0, 0.1) is 13.8 Å². The predicted octanol–water partition coefficient (Wildman–Crippen LogP) is 2.28. The number of carboxylic acid groups (broad SMARTS) is 1. The van der Waals surface area contributed by atoms with Gasteiger partial charge in [-0.3, -0.25) is 4.79 Å². The Hall–Kier alpha value is -2.18. The van der Waals surface area contributed by atoms with Gasteiger partial charge in [-0.1, -0.05) is 42.5 Å². The maximum atomic E-state index is 12.5. The molecular weight excluding hydrogens is 314 g/mol. The molecule has 0 radical (unpaired) electrons. The van der Waals surface area contributed by atoms with Crippen molar-refractivity contribution in [2.45, 2.75) is 31.2 Å².